The first-order valence-electron chi connectivity index (χ1n) is 8.95. The van der Waals surface area contributed by atoms with Crippen molar-refractivity contribution in [1.82, 2.24) is 14.8 Å². The monoisotopic (exact) mass is 363 g/mol. The van der Waals surface area contributed by atoms with Crippen LogP contribution in [0.15, 0.2) is 61.1 Å². The highest BCUT2D eigenvalue weighted by atomic mass is 16.5. The molecule has 0 aliphatic carbocycles. The molecule has 0 saturated carbocycles. The number of nitrogens with zero attached hydrogens (tertiary/aromatic N) is 4. The third-order valence-electron chi connectivity index (χ3n) is 4.39. The zero-order valence-corrected chi connectivity index (χ0v) is 14.9. The van der Waals surface area contributed by atoms with E-state index in [0.29, 0.717) is 5.69 Å². The number of pyridine rings is 1. The summed E-state index contributed by atoms with van der Waals surface area (Å²) in [4.78, 5) is 18.9. The number of anilines is 2. The molecule has 7 nitrogen and oxygen atoms in total. The SMILES string of the molecule is O=C(Cc1cnn(-c2ccccc2)c1)Nc1ccc(N2CCOCC2)nc1. The molecule has 27 heavy (non-hydrogen) atoms. The van der Waals surface area contributed by atoms with Crippen LogP contribution in [0.5, 0.6) is 0 Å². The molecule has 0 atom stereocenters. The Labute approximate surface area is 157 Å². The molecule has 1 aliphatic heterocycles. The van der Waals surface area contributed by atoms with Crippen LogP contribution in [0.3, 0.4) is 0 Å². The van der Waals surface area contributed by atoms with Crippen molar-refractivity contribution in [3.05, 3.63) is 66.6 Å². The molecular weight excluding hydrogens is 342 g/mol. The Hall–Kier alpha value is -3.19. The number of aromatic nitrogens is 3. The summed E-state index contributed by atoms with van der Waals surface area (Å²) < 4.78 is 7.12. The lowest BCUT2D eigenvalue weighted by Gasteiger charge is -2.27. The van der Waals surface area contributed by atoms with Gasteiger partial charge in [0.15, 0.2) is 0 Å². The Morgan fingerprint density at radius 2 is 1.89 bits per heavy atom. The minimum absolute atomic E-state index is 0.0939. The number of amides is 1. The maximum atomic E-state index is 12.3. The Balaban J connectivity index is 1.35. The molecule has 0 unspecified atom stereocenters. The van der Waals surface area contributed by atoms with Crippen molar-refractivity contribution >= 4 is 17.4 Å². The summed E-state index contributed by atoms with van der Waals surface area (Å²) in [6, 6.07) is 13.6. The van der Waals surface area contributed by atoms with Crippen LogP contribution >= 0.6 is 0 Å². The summed E-state index contributed by atoms with van der Waals surface area (Å²) in [5.74, 6) is 0.809. The van der Waals surface area contributed by atoms with Crippen molar-refractivity contribution < 1.29 is 9.53 Å². The van der Waals surface area contributed by atoms with Crippen molar-refractivity contribution in [3.63, 3.8) is 0 Å². The number of morpholine rings is 1. The molecule has 1 amide bonds. The second-order valence-electron chi connectivity index (χ2n) is 6.36. The van der Waals surface area contributed by atoms with E-state index < -0.39 is 0 Å². The smallest absolute Gasteiger partial charge is 0.228 e. The zero-order valence-electron chi connectivity index (χ0n) is 14.9. The van der Waals surface area contributed by atoms with E-state index in [9.17, 15) is 4.79 Å². The number of para-hydroxylation sites is 1. The van der Waals surface area contributed by atoms with Crippen LogP contribution in [0.25, 0.3) is 5.69 Å². The number of nitrogens with one attached hydrogen (secondary N) is 1. The van der Waals surface area contributed by atoms with Crippen molar-refractivity contribution in [2.24, 2.45) is 0 Å². The fourth-order valence-electron chi connectivity index (χ4n) is 3.00. The van der Waals surface area contributed by atoms with Gasteiger partial charge in [0.2, 0.25) is 5.91 Å². The van der Waals surface area contributed by atoms with Gasteiger partial charge in [-0.05, 0) is 29.8 Å². The lowest BCUT2D eigenvalue weighted by Crippen LogP contribution is -2.36. The predicted octanol–water partition coefficient (Wildman–Crippen LogP) is 2.29. The molecule has 1 N–H and O–H groups in total. The van der Waals surface area contributed by atoms with E-state index in [0.717, 1.165) is 43.4 Å². The van der Waals surface area contributed by atoms with E-state index in [4.69, 9.17) is 4.74 Å². The normalized spacial score (nSPS) is 14.1. The first-order chi connectivity index (χ1) is 13.3. The molecule has 7 heteroatoms. The molecular formula is C20H21N5O2. The molecule has 1 fully saturated rings. The highest BCUT2D eigenvalue weighted by molar-refractivity contribution is 5.92. The Morgan fingerprint density at radius 3 is 2.63 bits per heavy atom. The number of benzene rings is 1. The summed E-state index contributed by atoms with van der Waals surface area (Å²) in [6.45, 7) is 3.11. The first kappa shape index (κ1) is 17.2. The molecule has 0 bridgehead atoms. The van der Waals surface area contributed by atoms with E-state index in [1.165, 1.54) is 0 Å². The third kappa shape index (κ3) is 4.32. The molecule has 0 radical (unpaired) electrons. The molecule has 1 saturated heterocycles. The highest BCUT2D eigenvalue weighted by Gasteiger charge is 2.12. The fraction of sp³-hybridized carbons (Fsp3) is 0.250. The average molecular weight is 363 g/mol. The van der Waals surface area contributed by atoms with Gasteiger partial charge in [-0.25, -0.2) is 9.67 Å². The van der Waals surface area contributed by atoms with Crippen molar-refractivity contribution in [1.29, 1.82) is 0 Å². The van der Waals surface area contributed by atoms with Gasteiger partial charge >= 0.3 is 0 Å². The van der Waals surface area contributed by atoms with Crippen molar-refractivity contribution in [2.75, 3.05) is 36.5 Å². The topological polar surface area (TPSA) is 72.3 Å². The lowest BCUT2D eigenvalue weighted by molar-refractivity contribution is -0.115. The molecule has 0 spiro atoms. The van der Waals surface area contributed by atoms with Gasteiger partial charge in [0, 0.05) is 19.3 Å². The maximum absolute atomic E-state index is 12.3. The van der Waals surface area contributed by atoms with Crippen LogP contribution < -0.4 is 10.2 Å². The largest absolute Gasteiger partial charge is 0.378 e. The summed E-state index contributed by atoms with van der Waals surface area (Å²) in [7, 11) is 0. The number of carbonyl (C=O) groups excluding carboxylic acids is 1. The standard InChI is InChI=1S/C20H21N5O2/c26-20(12-16-13-22-25(15-16)18-4-2-1-3-5-18)23-17-6-7-19(21-14-17)24-8-10-27-11-9-24/h1-7,13-15H,8-12H2,(H,23,26). The van der Waals surface area contributed by atoms with Crippen LogP contribution in [-0.4, -0.2) is 47.0 Å². The second-order valence-corrected chi connectivity index (χ2v) is 6.36. The van der Waals surface area contributed by atoms with E-state index in [1.54, 1.807) is 17.1 Å². The summed E-state index contributed by atoms with van der Waals surface area (Å²) in [6.07, 6.45) is 5.54. The van der Waals surface area contributed by atoms with Crippen LogP contribution in [0.2, 0.25) is 0 Å². The molecule has 1 aromatic carbocycles. The third-order valence-corrected chi connectivity index (χ3v) is 4.39. The van der Waals surface area contributed by atoms with Gasteiger partial charge in [-0.3, -0.25) is 4.79 Å². The Morgan fingerprint density at radius 1 is 1.07 bits per heavy atom. The van der Waals surface area contributed by atoms with Gasteiger partial charge in [-0.1, -0.05) is 18.2 Å². The Bertz CT molecular complexity index is 886. The molecule has 3 aromatic rings. The molecule has 2 aromatic heterocycles. The van der Waals surface area contributed by atoms with Crippen molar-refractivity contribution in [3.8, 4) is 5.69 Å². The van der Waals surface area contributed by atoms with Gasteiger partial charge in [0.25, 0.3) is 0 Å². The fourth-order valence-corrected chi connectivity index (χ4v) is 3.00. The minimum Gasteiger partial charge on any atom is -0.378 e. The second kappa shape index (κ2) is 8.01. The minimum atomic E-state index is -0.0939. The predicted molar refractivity (Wildman–Crippen MR) is 103 cm³/mol. The summed E-state index contributed by atoms with van der Waals surface area (Å²) in [5.41, 5.74) is 2.51. The Kier molecular flexibility index (Phi) is 5.11. The molecule has 138 valence electrons. The lowest BCUT2D eigenvalue weighted by atomic mass is 10.2. The van der Waals surface area contributed by atoms with E-state index in [2.05, 4.69) is 20.3 Å². The van der Waals surface area contributed by atoms with E-state index in [-0.39, 0.29) is 12.3 Å². The van der Waals surface area contributed by atoms with E-state index >= 15 is 0 Å². The number of carbonyl (C=O) groups is 1. The highest BCUT2D eigenvalue weighted by Crippen LogP contribution is 2.16. The molecule has 1 aliphatic rings. The van der Waals surface area contributed by atoms with Gasteiger partial charge in [-0.2, -0.15) is 5.10 Å². The van der Waals surface area contributed by atoms with Crippen LogP contribution in [0.4, 0.5) is 11.5 Å². The number of hydrogen-bond acceptors (Lipinski definition) is 5. The molecule has 4 rings (SSSR count). The van der Waals surface area contributed by atoms with Gasteiger partial charge in [-0.15, -0.1) is 0 Å². The average Bonchev–Trinajstić information content (AvgIpc) is 3.18. The zero-order chi connectivity index (χ0) is 18.5. The van der Waals surface area contributed by atoms with Crippen LogP contribution in [0.1, 0.15) is 5.56 Å². The van der Waals surface area contributed by atoms with Crippen molar-refractivity contribution in [2.45, 2.75) is 6.42 Å². The summed E-state index contributed by atoms with van der Waals surface area (Å²) in [5, 5.41) is 7.21. The quantitative estimate of drug-likeness (QED) is 0.753. The van der Waals surface area contributed by atoms with Gasteiger partial charge in [0.1, 0.15) is 5.82 Å². The van der Waals surface area contributed by atoms with Gasteiger partial charge < -0.3 is 15.0 Å². The number of rotatable bonds is 5. The van der Waals surface area contributed by atoms with E-state index in [1.807, 2.05) is 48.7 Å². The first-order valence-corrected chi connectivity index (χ1v) is 8.95. The van der Waals surface area contributed by atoms with Crippen LogP contribution in [0, 0.1) is 0 Å². The maximum Gasteiger partial charge on any atom is 0.228 e. The van der Waals surface area contributed by atoms with Gasteiger partial charge in [0.05, 0.1) is 43.4 Å². The molecule has 3 heterocycles. The number of ether oxygens (including phenoxy) is 1. The van der Waals surface area contributed by atoms with Crippen LogP contribution in [-0.2, 0) is 16.0 Å². The number of hydrogen-bond donors (Lipinski definition) is 1. The summed E-state index contributed by atoms with van der Waals surface area (Å²) >= 11 is 0.